The topological polar surface area (TPSA) is 50.4 Å². The third kappa shape index (κ3) is 4.03. The zero-order chi connectivity index (χ0) is 16.1. The quantitative estimate of drug-likeness (QED) is 0.828. The lowest BCUT2D eigenvalue weighted by Gasteiger charge is -2.11. The van der Waals surface area contributed by atoms with E-state index in [9.17, 15) is 4.79 Å². The van der Waals surface area contributed by atoms with Gasteiger partial charge < -0.3 is 15.4 Å². The van der Waals surface area contributed by atoms with Crippen LogP contribution in [0.2, 0.25) is 0 Å². The van der Waals surface area contributed by atoms with E-state index in [4.69, 9.17) is 4.74 Å². The minimum atomic E-state index is -0.211. The predicted molar refractivity (Wildman–Crippen MR) is 92.2 cm³/mol. The Hall–Kier alpha value is -2.49. The average Bonchev–Trinajstić information content (AvgIpc) is 3.01. The van der Waals surface area contributed by atoms with Gasteiger partial charge >= 0.3 is 6.03 Å². The SMILES string of the molecule is Cc1ccccc1NC(=O)NCCOc1ccc2c(c1)CCC2. The van der Waals surface area contributed by atoms with Gasteiger partial charge in [0.1, 0.15) is 12.4 Å². The fourth-order valence-electron chi connectivity index (χ4n) is 2.85. The van der Waals surface area contributed by atoms with Crippen molar-refractivity contribution < 1.29 is 9.53 Å². The molecule has 0 bridgehead atoms. The maximum Gasteiger partial charge on any atom is 0.319 e. The van der Waals surface area contributed by atoms with Crippen LogP contribution in [0.3, 0.4) is 0 Å². The van der Waals surface area contributed by atoms with Gasteiger partial charge in [0.25, 0.3) is 0 Å². The number of para-hydroxylation sites is 1. The first-order valence-electron chi connectivity index (χ1n) is 8.07. The fraction of sp³-hybridized carbons (Fsp3) is 0.316. The van der Waals surface area contributed by atoms with Crippen molar-refractivity contribution in [2.75, 3.05) is 18.5 Å². The molecule has 0 spiro atoms. The molecule has 23 heavy (non-hydrogen) atoms. The molecule has 120 valence electrons. The molecular formula is C19H22N2O2. The van der Waals surface area contributed by atoms with Gasteiger partial charge in [-0.25, -0.2) is 4.79 Å². The first-order valence-corrected chi connectivity index (χ1v) is 8.07. The molecular weight excluding hydrogens is 288 g/mol. The monoisotopic (exact) mass is 310 g/mol. The van der Waals surface area contributed by atoms with Crippen LogP contribution in [0, 0.1) is 6.92 Å². The van der Waals surface area contributed by atoms with E-state index in [0.717, 1.165) is 23.4 Å². The van der Waals surface area contributed by atoms with Gasteiger partial charge in [0, 0.05) is 5.69 Å². The maximum atomic E-state index is 11.9. The second-order valence-electron chi connectivity index (χ2n) is 5.83. The van der Waals surface area contributed by atoms with Crippen molar-refractivity contribution in [2.45, 2.75) is 26.2 Å². The Labute approximate surface area is 136 Å². The zero-order valence-electron chi connectivity index (χ0n) is 13.4. The van der Waals surface area contributed by atoms with Crippen LogP contribution in [0.15, 0.2) is 42.5 Å². The molecule has 2 amide bonds. The molecule has 1 aliphatic carbocycles. The number of aryl methyl sites for hydroxylation is 3. The smallest absolute Gasteiger partial charge is 0.319 e. The standard InChI is InChI=1S/C19H22N2O2/c1-14-5-2-3-8-18(14)21-19(22)20-11-12-23-17-10-9-15-6-4-7-16(15)13-17/h2-3,5,8-10,13H,4,6-7,11-12H2,1H3,(H2,20,21,22). The molecule has 0 unspecified atom stereocenters. The maximum absolute atomic E-state index is 11.9. The molecule has 0 aromatic heterocycles. The minimum absolute atomic E-state index is 0.211. The number of hydrogen-bond acceptors (Lipinski definition) is 2. The highest BCUT2D eigenvalue weighted by molar-refractivity contribution is 5.89. The van der Waals surface area contributed by atoms with Gasteiger partial charge in [-0.3, -0.25) is 0 Å². The number of urea groups is 1. The third-order valence-corrected chi connectivity index (χ3v) is 4.12. The van der Waals surface area contributed by atoms with Gasteiger partial charge in [-0.15, -0.1) is 0 Å². The number of hydrogen-bond donors (Lipinski definition) is 2. The molecule has 0 aliphatic heterocycles. The third-order valence-electron chi connectivity index (χ3n) is 4.12. The molecule has 0 radical (unpaired) electrons. The minimum Gasteiger partial charge on any atom is -0.492 e. The van der Waals surface area contributed by atoms with Crippen molar-refractivity contribution >= 4 is 11.7 Å². The highest BCUT2D eigenvalue weighted by Gasteiger charge is 2.11. The molecule has 2 N–H and O–H groups in total. The number of fused-ring (bicyclic) bond motifs is 1. The second-order valence-corrected chi connectivity index (χ2v) is 5.83. The van der Waals surface area contributed by atoms with E-state index < -0.39 is 0 Å². The van der Waals surface area contributed by atoms with E-state index in [0.29, 0.717) is 13.2 Å². The summed E-state index contributed by atoms with van der Waals surface area (Å²) in [7, 11) is 0. The molecule has 0 saturated heterocycles. The van der Waals surface area contributed by atoms with Crippen LogP contribution in [0.4, 0.5) is 10.5 Å². The molecule has 4 nitrogen and oxygen atoms in total. The van der Waals surface area contributed by atoms with E-state index in [1.54, 1.807) is 0 Å². The summed E-state index contributed by atoms with van der Waals surface area (Å²) in [6.07, 6.45) is 3.55. The van der Waals surface area contributed by atoms with Crippen molar-refractivity contribution in [3.8, 4) is 5.75 Å². The Morgan fingerprint density at radius 1 is 1.13 bits per heavy atom. The lowest BCUT2D eigenvalue weighted by molar-refractivity contribution is 0.247. The number of rotatable bonds is 5. The van der Waals surface area contributed by atoms with Crippen molar-refractivity contribution in [2.24, 2.45) is 0 Å². The molecule has 0 saturated carbocycles. The normalized spacial score (nSPS) is 12.6. The number of carbonyl (C=O) groups is 1. The molecule has 1 aliphatic rings. The fourth-order valence-corrected chi connectivity index (χ4v) is 2.85. The van der Waals surface area contributed by atoms with Gasteiger partial charge in [-0.1, -0.05) is 24.3 Å². The molecule has 2 aromatic carbocycles. The van der Waals surface area contributed by atoms with Crippen LogP contribution in [0.1, 0.15) is 23.1 Å². The molecule has 2 aromatic rings. The van der Waals surface area contributed by atoms with Gasteiger partial charge in [0.05, 0.1) is 6.54 Å². The number of amides is 2. The van der Waals surface area contributed by atoms with Crippen molar-refractivity contribution in [1.82, 2.24) is 5.32 Å². The van der Waals surface area contributed by atoms with E-state index >= 15 is 0 Å². The van der Waals surface area contributed by atoms with Gasteiger partial charge in [-0.05, 0) is 61.1 Å². The van der Waals surface area contributed by atoms with Crippen LogP contribution in [-0.4, -0.2) is 19.2 Å². The number of ether oxygens (including phenoxy) is 1. The van der Waals surface area contributed by atoms with E-state index in [2.05, 4.69) is 22.8 Å². The Morgan fingerprint density at radius 2 is 1.96 bits per heavy atom. The van der Waals surface area contributed by atoms with Crippen LogP contribution in [-0.2, 0) is 12.8 Å². The Balaban J connectivity index is 1.41. The summed E-state index contributed by atoms with van der Waals surface area (Å²) in [4.78, 5) is 11.9. The van der Waals surface area contributed by atoms with Crippen LogP contribution in [0.25, 0.3) is 0 Å². The van der Waals surface area contributed by atoms with Gasteiger partial charge in [0.2, 0.25) is 0 Å². The second kappa shape index (κ2) is 7.18. The van der Waals surface area contributed by atoms with Crippen LogP contribution >= 0.6 is 0 Å². The Bertz CT molecular complexity index is 698. The molecule has 3 rings (SSSR count). The summed E-state index contributed by atoms with van der Waals surface area (Å²) < 4.78 is 5.71. The number of nitrogens with one attached hydrogen (secondary N) is 2. The molecule has 0 atom stereocenters. The van der Waals surface area contributed by atoms with Crippen molar-refractivity contribution in [3.05, 3.63) is 59.2 Å². The lowest BCUT2D eigenvalue weighted by Crippen LogP contribution is -2.32. The van der Waals surface area contributed by atoms with Crippen molar-refractivity contribution in [1.29, 1.82) is 0 Å². The average molecular weight is 310 g/mol. The summed E-state index contributed by atoms with van der Waals surface area (Å²) in [6, 6.07) is 13.8. The zero-order valence-corrected chi connectivity index (χ0v) is 13.4. The summed E-state index contributed by atoms with van der Waals surface area (Å²) in [5.41, 5.74) is 4.70. The van der Waals surface area contributed by atoms with E-state index in [1.807, 2.05) is 37.3 Å². The number of anilines is 1. The number of carbonyl (C=O) groups excluding carboxylic acids is 1. The Kier molecular flexibility index (Phi) is 4.81. The first kappa shape index (κ1) is 15.4. The Morgan fingerprint density at radius 3 is 2.83 bits per heavy atom. The highest BCUT2D eigenvalue weighted by atomic mass is 16.5. The lowest BCUT2D eigenvalue weighted by atomic mass is 10.1. The van der Waals surface area contributed by atoms with Crippen LogP contribution in [0.5, 0.6) is 5.75 Å². The molecule has 4 heteroatoms. The molecule has 0 fully saturated rings. The van der Waals surface area contributed by atoms with Crippen LogP contribution < -0.4 is 15.4 Å². The van der Waals surface area contributed by atoms with Crippen molar-refractivity contribution in [3.63, 3.8) is 0 Å². The summed E-state index contributed by atoms with van der Waals surface area (Å²) in [5.74, 6) is 0.881. The van der Waals surface area contributed by atoms with E-state index in [-0.39, 0.29) is 6.03 Å². The molecule has 0 heterocycles. The summed E-state index contributed by atoms with van der Waals surface area (Å²) in [6.45, 7) is 2.89. The van der Waals surface area contributed by atoms with Gasteiger partial charge in [0.15, 0.2) is 0 Å². The summed E-state index contributed by atoms with van der Waals surface area (Å²) in [5, 5.41) is 5.64. The van der Waals surface area contributed by atoms with Gasteiger partial charge in [-0.2, -0.15) is 0 Å². The first-order chi connectivity index (χ1) is 11.2. The largest absolute Gasteiger partial charge is 0.492 e. The highest BCUT2D eigenvalue weighted by Crippen LogP contribution is 2.25. The predicted octanol–water partition coefficient (Wildman–Crippen LogP) is 3.68. The number of benzene rings is 2. The summed E-state index contributed by atoms with van der Waals surface area (Å²) >= 11 is 0. The van der Waals surface area contributed by atoms with E-state index in [1.165, 1.54) is 24.0 Å².